The molecule has 1 rings (SSSR count). The standard InChI is InChI=1S/C12H22N2O3S/c1-14(2)10(15)8-18-7-5-9-4-3-6-12(9,13)11(16)17/h9H,3-8,13H2,1-2H3,(H,16,17). The van der Waals surface area contributed by atoms with E-state index in [9.17, 15) is 9.59 Å². The Morgan fingerprint density at radius 3 is 2.72 bits per heavy atom. The van der Waals surface area contributed by atoms with Crippen LogP contribution in [0.2, 0.25) is 0 Å². The number of carboxylic acid groups (broad SMARTS) is 1. The maximum Gasteiger partial charge on any atom is 0.323 e. The van der Waals surface area contributed by atoms with E-state index in [1.54, 1.807) is 30.8 Å². The largest absolute Gasteiger partial charge is 0.480 e. The third-order valence-corrected chi connectivity index (χ3v) is 4.58. The Morgan fingerprint density at radius 2 is 2.17 bits per heavy atom. The second-order valence-electron chi connectivity index (χ2n) is 5.06. The highest BCUT2D eigenvalue weighted by molar-refractivity contribution is 7.99. The number of amides is 1. The summed E-state index contributed by atoms with van der Waals surface area (Å²) in [5, 5.41) is 9.17. The molecule has 6 heteroatoms. The average Bonchev–Trinajstić information content (AvgIpc) is 2.67. The fourth-order valence-corrected chi connectivity index (χ4v) is 3.33. The summed E-state index contributed by atoms with van der Waals surface area (Å²) in [5.74, 6) is 0.473. The molecule has 1 saturated carbocycles. The van der Waals surface area contributed by atoms with Gasteiger partial charge in [0.15, 0.2) is 0 Å². The summed E-state index contributed by atoms with van der Waals surface area (Å²) in [6.07, 6.45) is 3.10. The lowest BCUT2D eigenvalue weighted by molar-refractivity contribution is -0.144. The minimum atomic E-state index is -1.05. The molecule has 5 nitrogen and oxygen atoms in total. The van der Waals surface area contributed by atoms with E-state index < -0.39 is 11.5 Å². The van der Waals surface area contributed by atoms with Gasteiger partial charge in [0.05, 0.1) is 5.75 Å². The van der Waals surface area contributed by atoms with Gasteiger partial charge >= 0.3 is 5.97 Å². The van der Waals surface area contributed by atoms with E-state index >= 15 is 0 Å². The molecule has 2 atom stereocenters. The molecule has 18 heavy (non-hydrogen) atoms. The number of carboxylic acids is 1. The number of hydrogen-bond donors (Lipinski definition) is 2. The minimum absolute atomic E-state index is 0.0389. The number of nitrogens with zero attached hydrogens (tertiary/aromatic N) is 1. The van der Waals surface area contributed by atoms with E-state index in [4.69, 9.17) is 10.8 Å². The molecular weight excluding hydrogens is 252 g/mol. The first-order chi connectivity index (χ1) is 8.38. The van der Waals surface area contributed by atoms with E-state index in [1.165, 1.54) is 0 Å². The van der Waals surface area contributed by atoms with Gasteiger partial charge in [0.2, 0.25) is 5.91 Å². The summed E-state index contributed by atoms with van der Waals surface area (Å²) in [7, 11) is 3.46. The van der Waals surface area contributed by atoms with Crippen LogP contribution in [0.1, 0.15) is 25.7 Å². The highest BCUT2D eigenvalue weighted by atomic mass is 32.2. The number of aliphatic carboxylic acids is 1. The lowest BCUT2D eigenvalue weighted by atomic mass is 9.86. The molecule has 1 fully saturated rings. The van der Waals surface area contributed by atoms with E-state index in [0.29, 0.717) is 12.2 Å². The molecule has 104 valence electrons. The van der Waals surface area contributed by atoms with E-state index in [1.807, 2.05) is 0 Å². The Bertz CT molecular complexity index is 322. The molecule has 0 bridgehead atoms. The number of carbonyl (C=O) groups is 2. The summed E-state index contributed by atoms with van der Waals surface area (Å²) in [6.45, 7) is 0. The summed E-state index contributed by atoms with van der Waals surface area (Å²) in [6, 6.07) is 0. The number of rotatable bonds is 6. The van der Waals surface area contributed by atoms with E-state index in [-0.39, 0.29) is 11.8 Å². The van der Waals surface area contributed by atoms with Gasteiger partial charge in [-0.3, -0.25) is 9.59 Å². The summed E-state index contributed by atoms with van der Waals surface area (Å²) < 4.78 is 0. The first-order valence-corrected chi connectivity index (χ1v) is 7.33. The van der Waals surface area contributed by atoms with Gasteiger partial charge < -0.3 is 15.7 Å². The average molecular weight is 274 g/mol. The van der Waals surface area contributed by atoms with Crippen LogP contribution in [0.25, 0.3) is 0 Å². The van der Waals surface area contributed by atoms with Gasteiger partial charge in [0.25, 0.3) is 0 Å². The normalized spacial score (nSPS) is 27.2. The fraction of sp³-hybridized carbons (Fsp3) is 0.833. The van der Waals surface area contributed by atoms with Crippen molar-refractivity contribution >= 4 is 23.6 Å². The molecule has 0 spiro atoms. The van der Waals surface area contributed by atoms with Gasteiger partial charge in [-0.05, 0) is 30.9 Å². The molecule has 1 aliphatic carbocycles. The quantitative estimate of drug-likeness (QED) is 0.699. The van der Waals surface area contributed by atoms with Crippen molar-refractivity contribution in [2.75, 3.05) is 25.6 Å². The molecule has 0 aliphatic heterocycles. The highest BCUT2D eigenvalue weighted by Gasteiger charge is 2.45. The SMILES string of the molecule is CN(C)C(=O)CSCCC1CCCC1(N)C(=O)O. The minimum Gasteiger partial charge on any atom is -0.480 e. The van der Waals surface area contributed by atoms with Crippen molar-refractivity contribution in [1.29, 1.82) is 0 Å². The number of carbonyl (C=O) groups excluding carboxylic acids is 1. The van der Waals surface area contributed by atoms with E-state index in [0.717, 1.165) is 25.0 Å². The number of hydrogen-bond acceptors (Lipinski definition) is 4. The molecule has 1 amide bonds. The van der Waals surface area contributed by atoms with Crippen molar-refractivity contribution in [3.63, 3.8) is 0 Å². The Labute approximate surface area is 112 Å². The van der Waals surface area contributed by atoms with Gasteiger partial charge in [-0.25, -0.2) is 0 Å². The van der Waals surface area contributed by atoms with Gasteiger partial charge in [-0.2, -0.15) is 11.8 Å². The van der Waals surface area contributed by atoms with Gasteiger partial charge in [-0.15, -0.1) is 0 Å². The first-order valence-electron chi connectivity index (χ1n) is 6.18. The lowest BCUT2D eigenvalue weighted by Crippen LogP contribution is -2.51. The predicted molar refractivity (Wildman–Crippen MR) is 72.5 cm³/mol. The molecule has 0 aromatic carbocycles. The van der Waals surface area contributed by atoms with Crippen LogP contribution in [-0.2, 0) is 9.59 Å². The summed E-state index contributed by atoms with van der Waals surface area (Å²) in [4.78, 5) is 24.1. The van der Waals surface area contributed by atoms with Gasteiger partial charge in [-0.1, -0.05) is 6.42 Å². The second kappa shape index (κ2) is 6.43. The molecule has 3 N–H and O–H groups in total. The molecule has 2 unspecified atom stereocenters. The predicted octanol–water partition coefficient (Wildman–Crippen LogP) is 0.780. The summed E-state index contributed by atoms with van der Waals surface area (Å²) >= 11 is 1.55. The van der Waals surface area contributed by atoms with Gasteiger partial charge in [0.1, 0.15) is 5.54 Å². The second-order valence-corrected chi connectivity index (χ2v) is 6.17. The topological polar surface area (TPSA) is 83.6 Å². The zero-order chi connectivity index (χ0) is 13.8. The van der Waals surface area contributed by atoms with Crippen molar-refractivity contribution in [3.8, 4) is 0 Å². The molecule has 0 heterocycles. The number of thioether (sulfide) groups is 1. The van der Waals surface area contributed by atoms with Crippen molar-refractivity contribution in [1.82, 2.24) is 4.90 Å². The third kappa shape index (κ3) is 3.62. The monoisotopic (exact) mass is 274 g/mol. The molecule has 0 saturated heterocycles. The van der Waals surface area contributed by atoms with Crippen molar-refractivity contribution in [2.45, 2.75) is 31.2 Å². The zero-order valence-corrected chi connectivity index (χ0v) is 11.8. The van der Waals surface area contributed by atoms with E-state index in [2.05, 4.69) is 0 Å². The van der Waals surface area contributed by atoms with Crippen LogP contribution >= 0.6 is 11.8 Å². The molecule has 0 aromatic rings. The van der Waals surface area contributed by atoms with Gasteiger partial charge in [0, 0.05) is 14.1 Å². The lowest BCUT2D eigenvalue weighted by Gasteiger charge is -2.26. The van der Waals surface area contributed by atoms with Crippen molar-refractivity contribution < 1.29 is 14.7 Å². The Balaban J connectivity index is 2.31. The van der Waals surface area contributed by atoms with Crippen LogP contribution in [-0.4, -0.2) is 53.0 Å². The highest BCUT2D eigenvalue weighted by Crippen LogP contribution is 2.36. The zero-order valence-electron chi connectivity index (χ0n) is 11.0. The Hall–Kier alpha value is -0.750. The van der Waals surface area contributed by atoms with Crippen molar-refractivity contribution in [3.05, 3.63) is 0 Å². The smallest absolute Gasteiger partial charge is 0.323 e. The Kier molecular flexibility index (Phi) is 5.47. The maximum atomic E-state index is 11.4. The van der Waals surface area contributed by atoms with Crippen LogP contribution in [0.4, 0.5) is 0 Å². The maximum absolute atomic E-state index is 11.4. The van der Waals surface area contributed by atoms with Crippen molar-refractivity contribution in [2.24, 2.45) is 11.7 Å². The summed E-state index contributed by atoms with van der Waals surface area (Å²) in [5.41, 5.74) is 4.90. The fourth-order valence-electron chi connectivity index (χ4n) is 2.30. The van der Waals surface area contributed by atoms with Crippen LogP contribution in [0, 0.1) is 5.92 Å². The third-order valence-electron chi connectivity index (χ3n) is 3.60. The molecule has 0 radical (unpaired) electrons. The van der Waals surface area contributed by atoms with Crippen LogP contribution in [0.5, 0.6) is 0 Å². The van der Waals surface area contributed by atoms with Crippen LogP contribution in [0.3, 0.4) is 0 Å². The number of nitrogens with two attached hydrogens (primary N) is 1. The molecule has 1 aliphatic rings. The first kappa shape index (κ1) is 15.3. The molecular formula is C12H22N2O3S. The Morgan fingerprint density at radius 1 is 1.50 bits per heavy atom. The van der Waals surface area contributed by atoms with Crippen LogP contribution < -0.4 is 5.73 Å². The molecule has 0 aromatic heterocycles. The van der Waals surface area contributed by atoms with Crippen LogP contribution in [0.15, 0.2) is 0 Å².